The van der Waals surface area contributed by atoms with E-state index in [0.29, 0.717) is 18.0 Å². The van der Waals surface area contributed by atoms with E-state index in [1.54, 1.807) is 26.4 Å². The fourth-order valence-electron chi connectivity index (χ4n) is 1.68. The van der Waals surface area contributed by atoms with E-state index < -0.39 is 0 Å². The largest absolute Gasteiger partial charge is 0.384 e. The number of rotatable bonds is 5. The minimum absolute atomic E-state index is 0.290. The van der Waals surface area contributed by atoms with Crippen molar-refractivity contribution in [2.45, 2.75) is 6.42 Å². The van der Waals surface area contributed by atoms with Crippen LogP contribution in [0.3, 0.4) is 0 Å². The quantitative estimate of drug-likeness (QED) is 0.914. The third-order valence-electron chi connectivity index (χ3n) is 2.77. The highest BCUT2D eigenvalue weighted by atomic mass is 35.5. The van der Waals surface area contributed by atoms with Crippen LogP contribution < -0.4 is 5.32 Å². The van der Waals surface area contributed by atoms with Crippen molar-refractivity contribution in [2.75, 3.05) is 19.0 Å². The molecule has 0 unspecified atom stereocenters. The Hall–Kier alpha value is -1.92. The van der Waals surface area contributed by atoms with Gasteiger partial charge >= 0.3 is 0 Å². The first kappa shape index (κ1) is 14.5. The zero-order valence-corrected chi connectivity index (χ0v) is 12.0. The molecule has 0 spiro atoms. The lowest BCUT2D eigenvalue weighted by atomic mass is 10.2. The van der Waals surface area contributed by atoms with Crippen molar-refractivity contribution in [1.82, 2.24) is 14.8 Å². The molecule has 0 aromatic carbocycles. The van der Waals surface area contributed by atoms with E-state index in [9.17, 15) is 4.79 Å². The molecule has 0 saturated carbocycles. The second kappa shape index (κ2) is 6.49. The second-order valence-corrected chi connectivity index (χ2v) is 4.58. The molecule has 2 aromatic rings. The predicted octanol–water partition coefficient (Wildman–Crippen LogP) is 1.91. The first-order valence-corrected chi connectivity index (χ1v) is 6.42. The van der Waals surface area contributed by atoms with Gasteiger partial charge in [0.1, 0.15) is 11.0 Å². The Morgan fingerprint density at radius 3 is 3.00 bits per heavy atom. The van der Waals surface area contributed by atoms with Crippen molar-refractivity contribution >= 4 is 23.3 Å². The molecule has 2 heterocycles. The number of amides is 1. The van der Waals surface area contributed by atoms with E-state index in [2.05, 4.69) is 15.4 Å². The average molecular weight is 295 g/mol. The predicted molar refractivity (Wildman–Crippen MR) is 76.0 cm³/mol. The summed E-state index contributed by atoms with van der Waals surface area (Å²) >= 11 is 5.97. The summed E-state index contributed by atoms with van der Waals surface area (Å²) < 4.78 is 6.45. The summed E-state index contributed by atoms with van der Waals surface area (Å²) in [4.78, 5) is 16.2. The van der Waals surface area contributed by atoms with Crippen molar-refractivity contribution in [3.63, 3.8) is 0 Å². The van der Waals surface area contributed by atoms with Crippen LogP contribution in [0.15, 0.2) is 24.5 Å². The third kappa shape index (κ3) is 3.34. The zero-order valence-electron chi connectivity index (χ0n) is 11.3. The summed E-state index contributed by atoms with van der Waals surface area (Å²) in [6.07, 6.45) is 3.83. The van der Waals surface area contributed by atoms with Crippen LogP contribution >= 0.6 is 11.6 Å². The first-order chi connectivity index (χ1) is 9.61. The highest BCUT2D eigenvalue weighted by Gasteiger charge is 2.15. The van der Waals surface area contributed by atoms with Gasteiger partial charge in [-0.15, -0.1) is 0 Å². The van der Waals surface area contributed by atoms with Gasteiger partial charge in [0.05, 0.1) is 18.4 Å². The lowest BCUT2D eigenvalue weighted by Gasteiger charge is -2.06. The van der Waals surface area contributed by atoms with Crippen LogP contribution in [-0.2, 0) is 18.2 Å². The number of pyridine rings is 1. The Balaban J connectivity index is 2.09. The number of methoxy groups -OCH3 is 1. The van der Waals surface area contributed by atoms with Crippen LogP contribution in [0.1, 0.15) is 15.9 Å². The highest BCUT2D eigenvalue weighted by Crippen LogP contribution is 2.16. The van der Waals surface area contributed by atoms with Crippen LogP contribution in [0.5, 0.6) is 0 Å². The topological polar surface area (TPSA) is 69.0 Å². The summed E-state index contributed by atoms with van der Waals surface area (Å²) in [5.74, 6) is 0.142. The smallest absolute Gasteiger partial charge is 0.261 e. The van der Waals surface area contributed by atoms with Gasteiger partial charge in [-0.25, -0.2) is 4.98 Å². The monoisotopic (exact) mass is 294 g/mol. The van der Waals surface area contributed by atoms with E-state index in [0.717, 1.165) is 12.0 Å². The van der Waals surface area contributed by atoms with E-state index in [1.807, 2.05) is 6.07 Å². The van der Waals surface area contributed by atoms with Gasteiger partial charge in [-0.3, -0.25) is 9.48 Å². The summed E-state index contributed by atoms with van der Waals surface area (Å²) in [6.45, 7) is 0.617. The fourth-order valence-corrected chi connectivity index (χ4v) is 1.85. The minimum Gasteiger partial charge on any atom is -0.384 e. The number of carbonyl (C=O) groups excluding carboxylic acids is 1. The number of nitrogens with zero attached hydrogens (tertiary/aromatic N) is 3. The number of nitrogens with one attached hydrogen (secondary N) is 1. The molecule has 0 fully saturated rings. The summed E-state index contributed by atoms with van der Waals surface area (Å²) in [5.41, 5.74) is 1.35. The van der Waals surface area contributed by atoms with Crippen LogP contribution in [0, 0.1) is 0 Å². The number of hydrogen-bond acceptors (Lipinski definition) is 4. The van der Waals surface area contributed by atoms with E-state index in [4.69, 9.17) is 16.3 Å². The Bertz CT molecular complexity index is 612. The van der Waals surface area contributed by atoms with E-state index in [1.165, 1.54) is 10.9 Å². The number of hydrogen-bond donors (Lipinski definition) is 1. The second-order valence-electron chi connectivity index (χ2n) is 4.22. The maximum atomic E-state index is 12.1. The lowest BCUT2D eigenvalue weighted by Crippen LogP contribution is -2.13. The average Bonchev–Trinajstić information content (AvgIpc) is 2.77. The molecule has 1 amide bonds. The summed E-state index contributed by atoms with van der Waals surface area (Å²) in [5, 5.41) is 6.91. The standard InChI is InChI=1S/C13H15ClN4O2/c1-18-12(14)10(8-16-18)13(19)17-11-7-9(3-5-15-11)4-6-20-2/h3,5,7-8H,4,6H2,1-2H3,(H,15,17,19). The van der Waals surface area contributed by atoms with Crippen LogP contribution in [0.25, 0.3) is 0 Å². The molecule has 0 atom stereocenters. The fraction of sp³-hybridized carbons (Fsp3) is 0.308. The Labute approximate surface area is 121 Å². The molecule has 0 aliphatic rings. The van der Waals surface area contributed by atoms with Crippen LogP contribution in [0.4, 0.5) is 5.82 Å². The first-order valence-electron chi connectivity index (χ1n) is 6.04. The number of anilines is 1. The zero-order chi connectivity index (χ0) is 14.5. The molecule has 6 nitrogen and oxygen atoms in total. The molecule has 0 bridgehead atoms. The minimum atomic E-state index is -0.334. The van der Waals surface area contributed by atoms with Gasteiger partial charge in [-0.2, -0.15) is 5.10 Å². The lowest BCUT2D eigenvalue weighted by molar-refractivity contribution is 0.102. The van der Waals surface area contributed by atoms with E-state index >= 15 is 0 Å². The molecule has 7 heteroatoms. The molecule has 0 aliphatic heterocycles. The molecule has 106 valence electrons. The van der Waals surface area contributed by atoms with Crippen molar-refractivity contribution in [1.29, 1.82) is 0 Å². The van der Waals surface area contributed by atoms with Gasteiger partial charge in [0.2, 0.25) is 0 Å². The third-order valence-corrected chi connectivity index (χ3v) is 3.22. The Morgan fingerprint density at radius 1 is 1.55 bits per heavy atom. The van der Waals surface area contributed by atoms with Gasteiger partial charge < -0.3 is 10.1 Å². The molecular formula is C13H15ClN4O2. The van der Waals surface area contributed by atoms with Gasteiger partial charge in [0, 0.05) is 20.4 Å². The number of carbonyl (C=O) groups is 1. The van der Waals surface area contributed by atoms with Gasteiger partial charge in [-0.1, -0.05) is 11.6 Å². The number of aromatic nitrogens is 3. The molecule has 0 aliphatic carbocycles. The highest BCUT2D eigenvalue weighted by molar-refractivity contribution is 6.33. The van der Waals surface area contributed by atoms with Gasteiger partial charge in [-0.05, 0) is 24.1 Å². The number of aryl methyl sites for hydroxylation is 1. The van der Waals surface area contributed by atoms with Crippen molar-refractivity contribution < 1.29 is 9.53 Å². The van der Waals surface area contributed by atoms with Gasteiger partial charge in [0.15, 0.2) is 0 Å². The molecule has 0 saturated heterocycles. The summed E-state index contributed by atoms with van der Waals surface area (Å²) in [7, 11) is 3.32. The van der Waals surface area contributed by atoms with E-state index in [-0.39, 0.29) is 11.1 Å². The Kier molecular flexibility index (Phi) is 4.70. The summed E-state index contributed by atoms with van der Waals surface area (Å²) in [6, 6.07) is 3.69. The molecule has 20 heavy (non-hydrogen) atoms. The Morgan fingerprint density at radius 2 is 2.35 bits per heavy atom. The molecular weight excluding hydrogens is 280 g/mol. The normalized spacial score (nSPS) is 10.6. The van der Waals surface area contributed by atoms with Crippen LogP contribution in [-0.4, -0.2) is 34.4 Å². The molecule has 0 radical (unpaired) electrons. The maximum Gasteiger partial charge on any atom is 0.261 e. The van der Waals surface area contributed by atoms with Crippen molar-refractivity contribution in [2.24, 2.45) is 7.05 Å². The number of ether oxygens (including phenoxy) is 1. The number of halogens is 1. The SMILES string of the molecule is COCCc1ccnc(NC(=O)c2cnn(C)c2Cl)c1. The van der Waals surface area contributed by atoms with Crippen molar-refractivity contribution in [3.05, 3.63) is 40.8 Å². The van der Waals surface area contributed by atoms with Crippen molar-refractivity contribution in [3.8, 4) is 0 Å². The van der Waals surface area contributed by atoms with Crippen LogP contribution in [0.2, 0.25) is 5.15 Å². The molecule has 2 aromatic heterocycles. The molecule has 2 rings (SSSR count). The molecule has 1 N–H and O–H groups in total. The van der Waals surface area contributed by atoms with Gasteiger partial charge in [0.25, 0.3) is 5.91 Å². The maximum absolute atomic E-state index is 12.1.